The number of hydrogen-bond acceptors (Lipinski definition) is 3. The molecule has 2 bridgehead atoms. The number of nitrogens with one attached hydrogen (secondary N) is 2. The van der Waals surface area contributed by atoms with E-state index in [9.17, 15) is 18.0 Å². The van der Waals surface area contributed by atoms with Gasteiger partial charge in [-0.05, 0) is 57.0 Å². The first-order valence-corrected chi connectivity index (χ1v) is 7.95. The summed E-state index contributed by atoms with van der Waals surface area (Å²) in [6.07, 6.45) is -0.527. The van der Waals surface area contributed by atoms with Crippen molar-refractivity contribution in [1.29, 1.82) is 0 Å². The molecule has 2 aliphatic heterocycles. The topological polar surface area (TPSA) is 53.6 Å². The van der Waals surface area contributed by atoms with Crippen LogP contribution in [-0.2, 0) is 0 Å². The minimum Gasteiger partial charge on any atom is -0.406 e. The molecule has 0 unspecified atom stereocenters. The van der Waals surface area contributed by atoms with Crippen molar-refractivity contribution in [2.75, 3.05) is 12.4 Å². The Kier molecular flexibility index (Phi) is 4.58. The summed E-state index contributed by atoms with van der Waals surface area (Å²) >= 11 is 0. The maximum Gasteiger partial charge on any atom is 0.573 e. The van der Waals surface area contributed by atoms with Crippen LogP contribution >= 0.6 is 0 Å². The zero-order chi connectivity index (χ0) is 17.3. The van der Waals surface area contributed by atoms with Gasteiger partial charge >= 0.3 is 12.4 Å². The fourth-order valence-electron chi connectivity index (χ4n) is 3.62. The van der Waals surface area contributed by atoms with Gasteiger partial charge in [-0.2, -0.15) is 0 Å². The van der Waals surface area contributed by atoms with Gasteiger partial charge in [-0.15, -0.1) is 13.2 Å². The number of carbonyl (C=O) groups excluding carboxylic acids is 1. The fourth-order valence-corrected chi connectivity index (χ4v) is 3.62. The molecule has 2 amide bonds. The van der Waals surface area contributed by atoms with Crippen LogP contribution in [-0.4, -0.2) is 42.5 Å². The number of benzene rings is 1. The highest BCUT2D eigenvalue weighted by molar-refractivity contribution is 5.89. The molecule has 8 heteroatoms. The van der Waals surface area contributed by atoms with Crippen LogP contribution in [0.5, 0.6) is 5.75 Å². The Balaban J connectivity index is 1.50. The highest BCUT2D eigenvalue weighted by Gasteiger charge is 2.38. The lowest BCUT2D eigenvalue weighted by molar-refractivity contribution is -0.274. The number of alkyl halides is 3. The zero-order valence-electron chi connectivity index (χ0n) is 13.3. The molecular weight excluding hydrogens is 323 g/mol. The maximum atomic E-state index is 12.1. The van der Waals surface area contributed by atoms with Crippen molar-refractivity contribution in [1.82, 2.24) is 10.2 Å². The van der Waals surface area contributed by atoms with E-state index in [1.54, 1.807) is 0 Å². The lowest BCUT2D eigenvalue weighted by atomic mass is 9.98. The summed E-state index contributed by atoms with van der Waals surface area (Å²) in [6, 6.07) is 5.91. The van der Waals surface area contributed by atoms with Crippen LogP contribution in [0.3, 0.4) is 0 Å². The van der Waals surface area contributed by atoms with Crippen molar-refractivity contribution in [2.45, 2.75) is 50.2 Å². The highest BCUT2D eigenvalue weighted by Crippen LogP contribution is 2.34. The molecule has 2 aliphatic rings. The normalized spacial score (nSPS) is 26.9. The number of carbonyl (C=O) groups is 1. The monoisotopic (exact) mass is 343 g/mol. The smallest absolute Gasteiger partial charge is 0.406 e. The number of anilines is 1. The fraction of sp³-hybridized carbons (Fsp3) is 0.562. The summed E-state index contributed by atoms with van der Waals surface area (Å²) in [7, 11) is 2.13. The third kappa shape index (κ3) is 4.11. The van der Waals surface area contributed by atoms with Crippen molar-refractivity contribution in [3.05, 3.63) is 24.3 Å². The van der Waals surface area contributed by atoms with Gasteiger partial charge in [0.1, 0.15) is 5.75 Å². The van der Waals surface area contributed by atoms with Gasteiger partial charge in [0.2, 0.25) is 0 Å². The van der Waals surface area contributed by atoms with Crippen LogP contribution in [0.1, 0.15) is 25.7 Å². The predicted octanol–water partition coefficient (Wildman–Crippen LogP) is 3.33. The molecule has 132 valence electrons. The largest absolute Gasteiger partial charge is 0.573 e. The van der Waals surface area contributed by atoms with Crippen molar-refractivity contribution >= 4 is 11.7 Å². The second-order valence-electron chi connectivity index (χ2n) is 6.39. The third-order valence-corrected chi connectivity index (χ3v) is 4.78. The summed E-state index contributed by atoms with van der Waals surface area (Å²) in [4.78, 5) is 14.4. The number of nitrogens with zero attached hydrogens (tertiary/aromatic N) is 1. The Hall–Kier alpha value is -1.96. The molecule has 0 aromatic heterocycles. The molecule has 1 aromatic carbocycles. The van der Waals surface area contributed by atoms with E-state index < -0.39 is 6.36 Å². The van der Waals surface area contributed by atoms with Crippen LogP contribution in [0.25, 0.3) is 0 Å². The van der Waals surface area contributed by atoms with Gasteiger partial charge in [-0.25, -0.2) is 4.79 Å². The Bertz CT molecular complexity index is 577. The second kappa shape index (κ2) is 6.51. The molecule has 2 N–H and O–H groups in total. The summed E-state index contributed by atoms with van der Waals surface area (Å²) in [6.45, 7) is 0. The molecule has 0 spiro atoms. The Labute approximate surface area is 138 Å². The van der Waals surface area contributed by atoms with Crippen LogP contribution in [0.15, 0.2) is 24.3 Å². The molecule has 0 aliphatic carbocycles. The highest BCUT2D eigenvalue weighted by atomic mass is 19.4. The van der Waals surface area contributed by atoms with E-state index in [-0.39, 0.29) is 17.8 Å². The molecule has 24 heavy (non-hydrogen) atoms. The van der Waals surface area contributed by atoms with E-state index in [2.05, 4.69) is 27.3 Å². The number of urea groups is 1. The number of amides is 2. The number of rotatable bonds is 3. The molecule has 2 saturated heterocycles. The van der Waals surface area contributed by atoms with Gasteiger partial charge in [0.15, 0.2) is 0 Å². The van der Waals surface area contributed by atoms with E-state index in [1.165, 1.54) is 37.1 Å². The Morgan fingerprint density at radius 3 is 2.29 bits per heavy atom. The van der Waals surface area contributed by atoms with Crippen molar-refractivity contribution in [3.8, 4) is 5.75 Å². The third-order valence-electron chi connectivity index (χ3n) is 4.78. The average molecular weight is 343 g/mol. The quantitative estimate of drug-likeness (QED) is 0.885. The lowest BCUT2D eigenvalue weighted by Gasteiger charge is -2.36. The predicted molar refractivity (Wildman–Crippen MR) is 82.9 cm³/mol. The first kappa shape index (κ1) is 16.9. The van der Waals surface area contributed by atoms with E-state index >= 15 is 0 Å². The van der Waals surface area contributed by atoms with Gasteiger partial charge in [0.25, 0.3) is 0 Å². The van der Waals surface area contributed by atoms with Crippen LogP contribution < -0.4 is 15.4 Å². The lowest BCUT2D eigenvalue weighted by Crippen LogP contribution is -2.49. The molecule has 0 saturated carbocycles. The first-order valence-electron chi connectivity index (χ1n) is 7.95. The van der Waals surface area contributed by atoms with Gasteiger partial charge in [-0.3, -0.25) is 0 Å². The minimum atomic E-state index is -4.72. The maximum absolute atomic E-state index is 12.1. The molecule has 2 fully saturated rings. The molecular formula is C16H20F3N3O2. The molecule has 0 radical (unpaired) electrons. The van der Waals surface area contributed by atoms with Gasteiger partial charge in [-0.1, -0.05) is 0 Å². The Morgan fingerprint density at radius 1 is 1.17 bits per heavy atom. The van der Waals surface area contributed by atoms with E-state index in [0.29, 0.717) is 17.8 Å². The van der Waals surface area contributed by atoms with Crippen LogP contribution in [0.2, 0.25) is 0 Å². The number of halogens is 3. The van der Waals surface area contributed by atoms with E-state index in [1.807, 2.05) is 0 Å². The first-order chi connectivity index (χ1) is 11.3. The van der Waals surface area contributed by atoms with Crippen molar-refractivity contribution in [2.24, 2.45) is 0 Å². The number of fused-ring (bicyclic) bond motifs is 2. The molecule has 3 rings (SSSR count). The van der Waals surface area contributed by atoms with Crippen LogP contribution in [0.4, 0.5) is 23.7 Å². The van der Waals surface area contributed by atoms with Gasteiger partial charge < -0.3 is 20.3 Å². The summed E-state index contributed by atoms with van der Waals surface area (Å²) in [5.41, 5.74) is 0.415. The van der Waals surface area contributed by atoms with Gasteiger partial charge in [0.05, 0.1) is 0 Å². The van der Waals surface area contributed by atoms with Crippen molar-refractivity contribution < 1.29 is 22.7 Å². The van der Waals surface area contributed by atoms with Crippen molar-refractivity contribution in [3.63, 3.8) is 0 Å². The number of ether oxygens (including phenoxy) is 1. The average Bonchev–Trinajstić information content (AvgIpc) is 2.70. The molecule has 5 nitrogen and oxygen atoms in total. The Morgan fingerprint density at radius 2 is 1.75 bits per heavy atom. The zero-order valence-corrected chi connectivity index (χ0v) is 13.3. The second-order valence-corrected chi connectivity index (χ2v) is 6.39. The summed E-state index contributed by atoms with van der Waals surface area (Å²) in [5, 5.41) is 5.59. The van der Waals surface area contributed by atoms with Gasteiger partial charge in [0, 0.05) is 23.8 Å². The van der Waals surface area contributed by atoms with Crippen LogP contribution in [0, 0.1) is 0 Å². The minimum absolute atomic E-state index is 0.131. The van der Waals surface area contributed by atoms with E-state index in [4.69, 9.17) is 0 Å². The molecule has 2 atom stereocenters. The number of piperidine rings is 1. The summed E-state index contributed by atoms with van der Waals surface area (Å²) in [5.74, 6) is -0.319. The molecule has 1 aromatic rings. The number of hydrogen-bond donors (Lipinski definition) is 2. The standard InChI is InChI=1S/C16H20F3N3O2/c1-22-12-4-5-13(22)9-11(8-12)21-15(23)20-10-2-6-14(7-3-10)24-16(17,18)19/h2-3,6-7,11-13H,4-5,8-9H2,1H3,(H2,20,21,23)/t12-,13-/m0/s1. The van der Waals surface area contributed by atoms with E-state index in [0.717, 1.165) is 12.8 Å². The SMILES string of the molecule is CN1[C@H]2CC[C@H]1CC(NC(=O)Nc1ccc(OC(F)(F)F)cc1)C2. The summed E-state index contributed by atoms with van der Waals surface area (Å²) < 4.78 is 40.1. The molecule has 2 heterocycles.